The highest BCUT2D eigenvalue weighted by atomic mass is 127. The lowest BCUT2D eigenvalue weighted by molar-refractivity contribution is 0.172. The summed E-state index contributed by atoms with van der Waals surface area (Å²) in [4.78, 5) is 11.8. The largest absolute Gasteiger partial charge is 0.364 e. The summed E-state index contributed by atoms with van der Waals surface area (Å²) in [5, 5.41) is 3.54. The van der Waals surface area contributed by atoms with Crippen LogP contribution in [-0.2, 0) is 13.1 Å². The van der Waals surface area contributed by atoms with Crippen LogP contribution in [0.3, 0.4) is 0 Å². The molecule has 0 atom stereocenters. The summed E-state index contributed by atoms with van der Waals surface area (Å²) in [6.45, 7) is 8.00. The molecule has 0 aliphatic carbocycles. The van der Waals surface area contributed by atoms with E-state index in [1.54, 1.807) is 0 Å². The highest BCUT2D eigenvalue weighted by Gasteiger charge is 2.19. The zero-order valence-electron chi connectivity index (χ0n) is 17.7. The van der Waals surface area contributed by atoms with E-state index in [-0.39, 0.29) is 24.0 Å². The summed E-state index contributed by atoms with van der Waals surface area (Å²) in [7, 11) is 1.88. The molecule has 2 aromatic rings. The van der Waals surface area contributed by atoms with Gasteiger partial charge >= 0.3 is 0 Å². The van der Waals surface area contributed by atoms with Crippen molar-refractivity contribution in [3.8, 4) is 0 Å². The van der Waals surface area contributed by atoms with Crippen LogP contribution in [0.1, 0.15) is 11.1 Å². The third kappa shape index (κ3) is 5.98. The minimum Gasteiger partial charge on any atom is -0.364 e. The number of hydrogen-bond acceptors (Lipinski definition) is 3. The van der Waals surface area contributed by atoms with Gasteiger partial charge in [0.2, 0.25) is 0 Å². The SMILES string of the molecule is CN=C(NCc1ccc(N2CC=CC2)cc1)N1CCN(Cc2ccccc2)CC1.I. The van der Waals surface area contributed by atoms with Crippen LogP contribution in [0.25, 0.3) is 0 Å². The Kier molecular flexibility index (Phi) is 8.57. The summed E-state index contributed by atoms with van der Waals surface area (Å²) in [5.41, 5.74) is 3.96. The molecule has 0 bridgehead atoms. The molecular formula is C24H32IN5. The first-order valence-electron chi connectivity index (χ1n) is 10.5. The molecule has 5 nitrogen and oxygen atoms in total. The number of nitrogens with zero attached hydrogens (tertiary/aromatic N) is 4. The van der Waals surface area contributed by atoms with Gasteiger partial charge in [-0.25, -0.2) is 0 Å². The Bertz CT molecular complexity index is 818. The highest BCUT2D eigenvalue weighted by Crippen LogP contribution is 2.17. The fraction of sp³-hybridized carbons (Fsp3) is 0.375. The molecule has 4 rings (SSSR count). The van der Waals surface area contributed by atoms with Crippen molar-refractivity contribution in [2.75, 3.05) is 51.2 Å². The Balaban J connectivity index is 0.00000256. The molecule has 30 heavy (non-hydrogen) atoms. The molecule has 0 spiro atoms. The van der Waals surface area contributed by atoms with Crippen LogP contribution in [-0.4, -0.2) is 62.1 Å². The monoisotopic (exact) mass is 517 g/mol. The molecule has 0 unspecified atom stereocenters. The van der Waals surface area contributed by atoms with Crippen molar-refractivity contribution >= 4 is 35.6 Å². The molecule has 2 aromatic carbocycles. The van der Waals surface area contributed by atoms with Crippen molar-refractivity contribution in [2.45, 2.75) is 13.1 Å². The van der Waals surface area contributed by atoms with Gasteiger partial charge in [-0.15, -0.1) is 24.0 Å². The van der Waals surface area contributed by atoms with Gasteiger partial charge in [-0.05, 0) is 23.3 Å². The van der Waals surface area contributed by atoms with Gasteiger partial charge in [-0.1, -0.05) is 54.6 Å². The van der Waals surface area contributed by atoms with E-state index in [2.05, 4.69) is 91.8 Å². The predicted molar refractivity (Wildman–Crippen MR) is 137 cm³/mol. The highest BCUT2D eigenvalue weighted by molar-refractivity contribution is 14.0. The zero-order chi connectivity index (χ0) is 19.9. The molecule has 6 heteroatoms. The third-order valence-electron chi connectivity index (χ3n) is 5.70. The molecule has 160 valence electrons. The van der Waals surface area contributed by atoms with Crippen molar-refractivity contribution in [2.24, 2.45) is 4.99 Å². The van der Waals surface area contributed by atoms with Crippen LogP contribution in [0.5, 0.6) is 0 Å². The Labute approximate surface area is 197 Å². The van der Waals surface area contributed by atoms with Crippen molar-refractivity contribution in [1.29, 1.82) is 0 Å². The Morgan fingerprint density at radius 2 is 1.53 bits per heavy atom. The lowest BCUT2D eigenvalue weighted by Gasteiger charge is -2.36. The molecule has 0 aromatic heterocycles. The summed E-state index contributed by atoms with van der Waals surface area (Å²) >= 11 is 0. The standard InChI is InChI=1S/C24H31N5.HI/c1-25-24(26-19-21-9-11-23(12-10-21)28-13-5-6-14-28)29-17-15-27(16-18-29)20-22-7-3-2-4-8-22;/h2-12H,13-20H2,1H3,(H,25,26);1H. The van der Waals surface area contributed by atoms with E-state index in [9.17, 15) is 0 Å². The zero-order valence-corrected chi connectivity index (χ0v) is 20.0. The molecule has 2 aliphatic rings. The van der Waals surface area contributed by atoms with Gasteiger partial charge in [0.25, 0.3) is 0 Å². The van der Waals surface area contributed by atoms with Crippen LogP contribution in [0.2, 0.25) is 0 Å². The first kappa shape index (κ1) is 22.6. The van der Waals surface area contributed by atoms with Gasteiger partial charge in [0.15, 0.2) is 5.96 Å². The van der Waals surface area contributed by atoms with Crippen molar-refractivity contribution in [3.05, 3.63) is 77.9 Å². The number of guanidine groups is 1. The molecule has 0 saturated carbocycles. The average molecular weight is 517 g/mol. The van der Waals surface area contributed by atoms with Crippen LogP contribution in [0.4, 0.5) is 5.69 Å². The van der Waals surface area contributed by atoms with E-state index in [0.29, 0.717) is 0 Å². The topological polar surface area (TPSA) is 34.1 Å². The second kappa shape index (κ2) is 11.4. The second-order valence-corrected chi connectivity index (χ2v) is 7.69. The van der Waals surface area contributed by atoms with Crippen LogP contribution >= 0.6 is 24.0 Å². The minimum absolute atomic E-state index is 0. The maximum absolute atomic E-state index is 4.51. The fourth-order valence-electron chi connectivity index (χ4n) is 3.99. The van der Waals surface area contributed by atoms with Crippen LogP contribution < -0.4 is 10.2 Å². The number of nitrogens with one attached hydrogen (secondary N) is 1. The van der Waals surface area contributed by atoms with E-state index in [4.69, 9.17) is 0 Å². The molecule has 0 amide bonds. The maximum Gasteiger partial charge on any atom is 0.194 e. The Morgan fingerprint density at radius 3 is 2.17 bits per heavy atom. The molecule has 1 N–H and O–H groups in total. The third-order valence-corrected chi connectivity index (χ3v) is 5.70. The first-order valence-corrected chi connectivity index (χ1v) is 10.5. The number of rotatable bonds is 5. The summed E-state index contributed by atoms with van der Waals surface area (Å²) < 4.78 is 0. The molecular weight excluding hydrogens is 485 g/mol. The fourth-order valence-corrected chi connectivity index (χ4v) is 3.99. The normalized spacial score (nSPS) is 17.2. The number of anilines is 1. The van der Waals surface area contributed by atoms with Crippen LogP contribution in [0, 0.1) is 0 Å². The van der Waals surface area contributed by atoms with E-state index in [1.807, 2.05) is 7.05 Å². The smallest absolute Gasteiger partial charge is 0.194 e. The molecule has 2 heterocycles. The number of hydrogen-bond donors (Lipinski definition) is 1. The first-order chi connectivity index (χ1) is 14.3. The number of piperazine rings is 1. The lowest BCUT2D eigenvalue weighted by Crippen LogP contribution is -2.52. The molecule has 1 saturated heterocycles. The lowest BCUT2D eigenvalue weighted by atomic mass is 10.2. The van der Waals surface area contributed by atoms with Crippen LogP contribution in [0.15, 0.2) is 71.7 Å². The number of benzene rings is 2. The van der Waals surface area contributed by atoms with Crippen molar-refractivity contribution in [1.82, 2.24) is 15.1 Å². The predicted octanol–water partition coefficient (Wildman–Crippen LogP) is 3.57. The molecule has 2 aliphatic heterocycles. The quantitative estimate of drug-likeness (QED) is 0.285. The van der Waals surface area contributed by atoms with E-state index < -0.39 is 0 Å². The van der Waals surface area contributed by atoms with Crippen molar-refractivity contribution in [3.63, 3.8) is 0 Å². The van der Waals surface area contributed by atoms with Crippen molar-refractivity contribution < 1.29 is 0 Å². The number of aliphatic imine (C=N–C) groups is 1. The summed E-state index contributed by atoms with van der Waals surface area (Å²) in [6, 6.07) is 19.6. The summed E-state index contributed by atoms with van der Waals surface area (Å²) in [6.07, 6.45) is 4.44. The minimum atomic E-state index is 0. The van der Waals surface area contributed by atoms with E-state index >= 15 is 0 Å². The average Bonchev–Trinajstić information content (AvgIpc) is 3.31. The van der Waals surface area contributed by atoms with Gasteiger partial charge in [0.05, 0.1) is 0 Å². The second-order valence-electron chi connectivity index (χ2n) is 7.69. The number of halogens is 1. The molecule has 0 radical (unpaired) electrons. The van der Waals surface area contributed by atoms with Gasteiger partial charge in [-0.2, -0.15) is 0 Å². The van der Waals surface area contributed by atoms with Gasteiger partial charge in [0.1, 0.15) is 0 Å². The Morgan fingerprint density at radius 1 is 0.867 bits per heavy atom. The maximum atomic E-state index is 4.51. The van der Waals surface area contributed by atoms with E-state index in [0.717, 1.165) is 58.3 Å². The Hall–Kier alpha value is -2.06. The molecule has 1 fully saturated rings. The van der Waals surface area contributed by atoms with Gasteiger partial charge in [-0.3, -0.25) is 9.89 Å². The van der Waals surface area contributed by atoms with Gasteiger partial charge in [0, 0.05) is 65.1 Å². The van der Waals surface area contributed by atoms with Gasteiger partial charge < -0.3 is 15.1 Å². The summed E-state index contributed by atoms with van der Waals surface area (Å²) in [5.74, 6) is 0.997. The van der Waals surface area contributed by atoms with E-state index in [1.165, 1.54) is 16.8 Å².